The van der Waals surface area contributed by atoms with Gasteiger partial charge >= 0.3 is 0 Å². The van der Waals surface area contributed by atoms with Crippen LogP contribution in [0.15, 0.2) is 60.8 Å². The highest BCUT2D eigenvalue weighted by atomic mass is 32.1. The summed E-state index contributed by atoms with van der Waals surface area (Å²) in [6.07, 6.45) is 3.32. The largest absolute Gasteiger partial charge is 0.255 e. The Hall–Kier alpha value is -2.49. The monoisotopic (exact) mass is 495 g/mol. The molecule has 5 rings (SSSR count). The molecule has 0 saturated carbocycles. The molecule has 3 heteroatoms. The molecule has 0 fully saturated rings. The molecule has 0 radical (unpaired) electrons. The van der Waals surface area contributed by atoms with Gasteiger partial charge in [-0.1, -0.05) is 90.7 Å². The summed E-state index contributed by atoms with van der Waals surface area (Å²) in [6, 6.07) is 20.7. The van der Waals surface area contributed by atoms with Gasteiger partial charge in [0, 0.05) is 27.2 Å². The van der Waals surface area contributed by atoms with E-state index in [1.165, 1.54) is 52.8 Å². The first kappa shape index (κ1) is 24.2. The average Bonchev–Trinajstić information content (AvgIpc) is 3.14. The van der Waals surface area contributed by atoms with Crippen LogP contribution in [0.3, 0.4) is 0 Å². The van der Waals surface area contributed by atoms with Gasteiger partial charge in [-0.05, 0) is 63.0 Å². The summed E-state index contributed by atoms with van der Waals surface area (Å²) < 4.78 is 2.74. The van der Waals surface area contributed by atoms with Crippen LogP contribution in [-0.2, 0) is 11.8 Å². The molecule has 2 aromatic heterocycles. The highest BCUT2D eigenvalue weighted by Crippen LogP contribution is 2.41. The van der Waals surface area contributed by atoms with Gasteiger partial charge in [0.25, 0.3) is 0 Å². The van der Waals surface area contributed by atoms with Crippen molar-refractivity contribution in [2.45, 2.75) is 66.1 Å². The van der Waals surface area contributed by atoms with Gasteiger partial charge in [0.05, 0.1) is 18.5 Å². The van der Waals surface area contributed by atoms with E-state index in [0.29, 0.717) is 5.92 Å². The fourth-order valence-corrected chi connectivity index (χ4v) is 8.12. The molecule has 0 bridgehead atoms. The van der Waals surface area contributed by atoms with Crippen LogP contribution in [-0.4, -0.2) is 13.1 Å². The molecule has 0 amide bonds. The van der Waals surface area contributed by atoms with E-state index >= 15 is 0 Å². The van der Waals surface area contributed by atoms with Crippen LogP contribution >= 0.6 is 11.3 Å². The molecule has 0 aliphatic heterocycles. The molecule has 180 valence electrons. The average molecular weight is 496 g/mol. The number of fused-ring (bicyclic) bond motifs is 4. The van der Waals surface area contributed by atoms with Crippen molar-refractivity contribution in [3.05, 3.63) is 71.9 Å². The molecule has 35 heavy (non-hydrogen) atoms. The van der Waals surface area contributed by atoms with Crippen LogP contribution in [0, 0.1) is 5.92 Å². The molecule has 3 aromatic carbocycles. The highest BCUT2D eigenvalue weighted by Gasteiger charge is 2.25. The number of hydrogen-bond acceptors (Lipinski definition) is 2. The fourth-order valence-electron chi connectivity index (χ4n) is 5.27. The zero-order chi connectivity index (χ0) is 25.1. The van der Waals surface area contributed by atoms with Crippen molar-refractivity contribution in [2.75, 3.05) is 0 Å². The van der Waals surface area contributed by atoms with Gasteiger partial charge in [0.1, 0.15) is 0 Å². The maximum absolute atomic E-state index is 5.18. The standard InChI is InChI=1S/C32H37NSSi/c1-20(2)15-21-13-14-25-27(16-21)34-31-29(25)28(35(6,7)8)19-33-30(31)23-17-22-11-9-10-12-24(22)26(18-23)32(3,4)5/h9-14,16-20H,15H2,1-8H3. The molecule has 0 N–H and O–H groups in total. The highest BCUT2D eigenvalue weighted by molar-refractivity contribution is 7.26. The molecule has 2 heterocycles. The van der Waals surface area contributed by atoms with Gasteiger partial charge < -0.3 is 0 Å². The fraction of sp³-hybridized carbons (Fsp3) is 0.344. The second-order valence-corrected chi connectivity index (χ2v) is 18.6. The third-order valence-electron chi connectivity index (χ3n) is 6.96. The number of rotatable bonds is 4. The molecule has 0 saturated heterocycles. The molecule has 0 aliphatic rings. The number of nitrogens with zero attached hydrogens (tertiary/aromatic N) is 1. The maximum atomic E-state index is 5.18. The molecular weight excluding hydrogens is 459 g/mol. The summed E-state index contributed by atoms with van der Waals surface area (Å²) in [7, 11) is -1.58. The minimum Gasteiger partial charge on any atom is -0.255 e. The van der Waals surface area contributed by atoms with E-state index in [4.69, 9.17) is 4.98 Å². The first-order valence-electron chi connectivity index (χ1n) is 12.8. The number of hydrogen-bond donors (Lipinski definition) is 0. The predicted octanol–water partition coefficient (Wildman–Crippen LogP) is 9.31. The third kappa shape index (κ3) is 4.45. The lowest BCUT2D eigenvalue weighted by atomic mass is 9.82. The number of aromatic nitrogens is 1. The quantitative estimate of drug-likeness (QED) is 0.226. The molecule has 0 aliphatic carbocycles. The summed E-state index contributed by atoms with van der Waals surface area (Å²) in [5.41, 5.74) is 5.23. The zero-order valence-electron chi connectivity index (χ0n) is 22.4. The van der Waals surface area contributed by atoms with Crippen molar-refractivity contribution in [1.82, 2.24) is 4.98 Å². The van der Waals surface area contributed by atoms with Crippen molar-refractivity contribution in [1.29, 1.82) is 0 Å². The van der Waals surface area contributed by atoms with Gasteiger partial charge in [-0.2, -0.15) is 0 Å². The van der Waals surface area contributed by atoms with E-state index in [2.05, 4.69) is 115 Å². The van der Waals surface area contributed by atoms with E-state index in [1.807, 2.05) is 11.3 Å². The Kier molecular flexibility index (Phi) is 5.93. The summed E-state index contributed by atoms with van der Waals surface area (Å²) in [6.45, 7) is 18.8. The normalized spacial score (nSPS) is 12.9. The lowest BCUT2D eigenvalue weighted by molar-refractivity contribution is 0.596. The molecule has 0 unspecified atom stereocenters. The van der Waals surface area contributed by atoms with Crippen molar-refractivity contribution in [3.63, 3.8) is 0 Å². The van der Waals surface area contributed by atoms with E-state index in [9.17, 15) is 0 Å². The molecular formula is C32H37NSSi. The van der Waals surface area contributed by atoms with Crippen LogP contribution in [0.25, 0.3) is 42.2 Å². The van der Waals surface area contributed by atoms with E-state index in [-0.39, 0.29) is 5.41 Å². The smallest absolute Gasteiger partial charge is 0.0880 e. The van der Waals surface area contributed by atoms with Crippen molar-refractivity contribution < 1.29 is 0 Å². The SMILES string of the molecule is CC(C)Cc1ccc2c(c1)sc1c(-c3cc(C(C)(C)C)c4ccccc4c3)ncc([Si](C)(C)C)c12. The van der Waals surface area contributed by atoms with Crippen molar-refractivity contribution in [3.8, 4) is 11.3 Å². The van der Waals surface area contributed by atoms with Gasteiger partial charge in [0.15, 0.2) is 0 Å². The number of thiophene rings is 1. The molecule has 1 nitrogen and oxygen atoms in total. The van der Waals surface area contributed by atoms with Gasteiger partial charge in [-0.15, -0.1) is 11.3 Å². The van der Waals surface area contributed by atoms with Gasteiger partial charge in [0.2, 0.25) is 0 Å². The maximum Gasteiger partial charge on any atom is 0.0880 e. The van der Waals surface area contributed by atoms with Gasteiger partial charge in [-0.25, -0.2) is 0 Å². The van der Waals surface area contributed by atoms with Crippen LogP contribution < -0.4 is 5.19 Å². The molecule has 0 spiro atoms. The van der Waals surface area contributed by atoms with Crippen LogP contribution in [0.2, 0.25) is 19.6 Å². The number of pyridine rings is 1. The van der Waals surface area contributed by atoms with Crippen LogP contribution in [0.1, 0.15) is 45.7 Å². The van der Waals surface area contributed by atoms with E-state index in [0.717, 1.165) is 12.1 Å². The van der Waals surface area contributed by atoms with Crippen LogP contribution in [0.5, 0.6) is 0 Å². The first-order valence-corrected chi connectivity index (χ1v) is 17.1. The summed E-state index contributed by atoms with van der Waals surface area (Å²) in [5, 5.41) is 6.94. The first-order chi connectivity index (χ1) is 16.4. The van der Waals surface area contributed by atoms with Crippen LogP contribution in [0.4, 0.5) is 0 Å². The lowest BCUT2D eigenvalue weighted by Crippen LogP contribution is -2.38. The predicted molar refractivity (Wildman–Crippen MR) is 160 cm³/mol. The summed E-state index contributed by atoms with van der Waals surface area (Å²) in [4.78, 5) is 5.18. The van der Waals surface area contributed by atoms with Crippen molar-refractivity contribution >= 4 is 55.5 Å². The second kappa shape index (κ2) is 8.57. The zero-order valence-corrected chi connectivity index (χ0v) is 24.2. The Morgan fingerprint density at radius 1 is 0.914 bits per heavy atom. The third-order valence-corrected chi connectivity index (χ3v) is 10.1. The van der Waals surface area contributed by atoms with Gasteiger partial charge in [-0.3, -0.25) is 4.98 Å². The Balaban J connectivity index is 1.85. The number of benzene rings is 3. The molecule has 0 atom stereocenters. The summed E-state index contributed by atoms with van der Waals surface area (Å²) >= 11 is 1.93. The minimum atomic E-state index is -1.58. The minimum absolute atomic E-state index is 0.0545. The Morgan fingerprint density at radius 3 is 2.34 bits per heavy atom. The topological polar surface area (TPSA) is 12.9 Å². The summed E-state index contributed by atoms with van der Waals surface area (Å²) in [5.74, 6) is 0.657. The Labute approximate surface area is 215 Å². The second-order valence-electron chi connectivity index (χ2n) is 12.5. The van der Waals surface area contributed by atoms with E-state index in [1.54, 1.807) is 0 Å². The van der Waals surface area contributed by atoms with E-state index < -0.39 is 8.07 Å². The Bertz CT molecular complexity index is 1560. The molecule has 5 aromatic rings. The lowest BCUT2D eigenvalue weighted by Gasteiger charge is -2.23. The Morgan fingerprint density at radius 2 is 1.66 bits per heavy atom. The van der Waals surface area contributed by atoms with Crippen molar-refractivity contribution in [2.24, 2.45) is 5.92 Å².